The maximum Gasteiger partial charge on any atom is 0.407 e. The van der Waals surface area contributed by atoms with Gasteiger partial charge in [0.05, 0.1) is 12.6 Å². The molecule has 0 aliphatic carbocycles. The Bertz CT molecular complexity index is 410. The fraction of sp³-hybridized carbons (Fsp3) is 0.500. The number of nitrogens with zero attached hydrogens (tertiary/aromatic N) is 1. The predicted octanol–water partition coefficient (Wildman–Crippen LogP) is 1.14. The molecule has 3 N–H and O–H groups in total. The van der Waals surface area contributed by atoms with Crippen molar-refractivity contribution in [2.24, 2.45) is 5.92 Å². The summed E-state index contributed by atoms with van der Waals surface area (Å²) in [6.45, 7) is 2.20. The maximum atomic E-state index is 10.8. The third-order valence-corrected chi connectivity index (χ3v) is 3.57. The average Bonchev–Trinajstić information content (AvgIpc) is 2.41. The number of piperidine rings is 1. The number of aliphatic hydroxyl groups is 1. The number of likely N-dealkylation sites (tertiary alicyclic amines) is 1. The van der Waals surface area contributed by atoms with Gasteiger partial charge in [-0.15, -0.1) is 0 Å². The summed E-state index contributed by atoms with van der Waals surface area (Å²) >= 11 is 0. The Hall–Kier alpha value is -1.59. The van der Waals surface area contributed by atoms with E-state index in [0.29, 0.717) is 19.5 Å². The first-order chi connectivity index (χ1) is 9.16. The van der Waals surface area contributed by atoms with Crippen molar-refractivity contribution in [3.63, 3.8) is 0 Å². The Morgan fingerprint density at radius 1 is 1.37 bits per heavy atom. The zero-order valence-electron chi connectivity index (χ0n) is 10.8. The molecular weight excluding hydrogens is 244 g/mol. The Balaban J connectivity index is 1.74. The van der Waals surface area contributed by atoms with Crippen molar-refractivity contribution in [3.8, 4) is 0 Å². The molecule has 5 heteroatoms. The van der Waals surface area contributed by atoms with Crippen LogP contribution in [0.25, 0.3) is 0 Å². The summed E-state index contributed by atoms with van der Waals surface area (Å²) in [5, 5.41) is 22.1. The molecule has 1 aromatic carbocycles. The summed E-state index contributed by atoms with van der Waals surface area (Å²) in [5.41, 5.74) is 1.21. The minimum Gasteiger partial charge on any atom is -0.465 e. The van der Waals surface area contributed by atoms with Gasteiger partial charge in [-0.1, -0.05) is 30.3 Å². The number of carboxylic acid groups (broad SMARTS) is 1. The van der Waals surface area contributed by atoms with E-state index in [0.717, 1.165) is 6.54 Å². The summed E-state index contributed by atoms with van der Waals surface area (Å²) < 4.78 is 0. The highest BCUT2D eigenvalue weighted by molar-refractivity contribution is 5.65. The number of benzene rings is 1. The number of rotatable bonds is 4. The molecular formula is C14H20N2O3. The number of hydrogen-bond acceptors (Lipinski definition) is 3. The number of β-amino-alcohol motifs (C(OH)–C–C–N with tert-alkyl or cyclic N) is 1. The summed E-state index contributed by atoms with van der Waals surface area (Å²) in [5.74, 6) is 0.124. The van der Waals surface area contributed by atoms with Crippen LogP contribution >= 0.6 is 0 Å². The molecule has 0 unspecified atom stereocenters. The third-order valence-electron chi connectivity index (χ3n) is 3.57. The first kappa shape index (κ1) is 13.8. The summed E-state index contributed by atoms with van der Waals surface area (Å²) in [6, 6.07) is 10.1. The molecule has 0 bridgehead atoms. The predicted molar refractivity (Wildman–Crippen MR) is 71.9 cm³/mol. The van der Waals surface area contributed by atoms with Crippen molar-refractivity contribution in [2.45, 2.75) is 19.1 Å². The largest absolute Gasteiger partial charge is 0.465 e. The number of hydrogen-bond donors (Lipinski definition) is 3. The van der Waals surface area contributed by atoms with Crippen LogP contribution in [0.5, 0.6) is 0 Å². The van der Waals surface area contributed by atoms with Crippen LogP contribution in [0.2, 0.25) is 0 Å². The first-order valence-electron chi connectivity index (χ1n) is 6.57. The molecule has 0 aromatic heterocycles. The fourth-order valence-electron chi connectivity index (χ4n) is 2.39. The van der Waals surface area contributed by atoms with Gasteiger partial charge in [0.1, 0.15) is 0 Å². The second kappa shape index (κ2) is 6.54. The van der Waals surface area contributed by atoms with Gasteiger partial charge in [-0.05, 0) is 12.0 Å². The lowest BCUT2D eigenvalue weighted by Gasteiger charge is -2.34. The Morgan fingerprint density at radius 3 is 2.74 bits per heavy atom. The Labute approximate surface area is 112 Å². The fourth-order valence-corrected chi connectivity index (χ4v) is 2.39. The number of aliphatic hydroxyl groups excluding tert-OH is 1. The van der Waals surface area contributed by atoms with Crippen molar-refractivity contribution in [1.29, 1.82) is 0 Å². The van der Waals surface area contributed by atoms with E-state index in [1.165, 1.54) is 10.5 Å². The van der Waals surface area contributed by atoms with Gasteiger partial charge in [-0.2, -0.15) is 0 Å². The third kappa shape index (κ3) is 3.94. The second-order valence-corrected chi connectivity index (χ2v) is 4.96. The van der Waals surface area contributed by atoms with Gasteiger partial charge in [-0.3, -0.25) is 0 Å². The highest BCUT2D eigenvalue weighted by Gasteiger charge is 2.29. The standard InChI is InChI=1S/C14H20N2O3/c17-13-10-16(14(18)19)7-6-12(13)9-15-8-11-4-2-1-3-5-11/h1-5,12-13,15,17H,6-10H2,(H,18,19)/t12-,13+/m0/s1. The van der Waals surface area contributed by atoms with Gasteiger partial charge in [-0.25, -0.2) is 4.79 Å². The monoisotopic (exact) mass is 264 g/mol. The lowest BCUT2D eigenvalue weighted by molar-refractivity contribution is 0.0249. The number of amides is 1. The van der Waals surface area contributed by atoms with Crippen molar-refractivity contribution < 1.29 is 15.0 Å². The molecule has 1 fully saturated rings. The topological polar surface area (TPSA) is 72.8 Å². The highest BCUT2D eigenvalue weighted by atomic mass is 16.4. The SMILES string of the molecule is O=C(O)N1CC[C@@H](CNCc2ccccc2)[C@H](O)C1. The highest BCUT2D eigenvalue weighted by Crippen LogP contribution is 2.17. The molecule has 1 aromatic rings. The van der Waals surface area contributed by atoms with Crippen LogP contribution in [0.1, 0.15) is 12.0 Å². The zero-order valence-corrected chi connectivity index (χ0v) is 10.8. The van der Waals surface area contributed by atoms with E-state index in [2.05, 4.69) is 17.4 Å². The van der Waals surface area contributed by atoms with Crippen molar-refractivity contribution >= 4 is 6.09 Å². The molecule has 1 aliphatic heterocycles. The minimum atomic E-state index is -0.949. The molecule has 104 valence electrons. The molecule has 1 amide bonds. The van der Waals surface area contributed by atoms with E-state index >= 15 is 0 Å². The normalized spacial score (nSPS) is 23.3. The van der Waals surface area contributed by atoms with Crippen LogP contribution < -0.4 is 5.32 Å². The molecule has 0 saturated carbocycles. The van der Waals surface area contributed by atoms with E-state index in [-0.39, 0.29) is 12.5 Å². The van der Waals surface area contributed by atoms with Crippen LogP contribution in [0.4, 0.5) is 4.79 Å². The summed E-state index contributed by atoms with van der Waals surface area (Å²) in [7, 11) is 0. The minimum absolute atomic E-state index is 0.124. The maximum absolute atomic E-state index is 10.8. The molecule has 5 nitrogen and oxygen atoms in total. The number of nitrogens with one attached hydrogen (secondary N) is 1. The Morgan fingerprint density at radius 2 is 2.11 bits per heavy atom. The molecule has 0 spiro atoms. The molecule has 1 aliphatic rings. The molecule has 2 rings (SSSR count). The molecule has 1 saturated heterocycles. The molecule has 1 heterocycles. The zero-order chi connectivity index (χ0) is 13.7. The molecule has 2 atom stereocenters. The molecule has 0 radical (unpaired) electrons. The van der Waals surface area contributed by atoms with Crippen LogP contribution in [0, 0.1) is 5.92 Å². The van der Waals surface area contributed by atoms with Crippen LogP contribution in [0.15, 0.2) is 30.3 Å². The van der Waals surface area contributed by atoms with Gasteiger partial charge in [0.2, 0.25) is 0 Å². The van der Waals surface area contributed by atoms with Crippen LogP contribution in [0.3, 0.4) is 0 Å². The molecule has 19 heavy (non-hydrogen) atoms. The van der Waals surface area contributed by atoms with E-state index in [4.69, 9.17) is 5.11 Å². The van der Waals surface area contributed by atoms with Crippen LogP contribution in [-0.4, -0.2) is 46.9 Å². The first-order valence-corrected chi connectivity index (χ1v) is 6.57. The van der Waals surface area contributed by atoms with E-state index in [1.807, 2.05) is 18.2 Å². The lowest BCUT2D eigenvalue weighted by atomic mass is 9.94. The van der Waals surface area contributed by atoms with Gasteiger partial charge in [0, 0.05) is 25.6 Å². The van der Waals surface area contributed by atoms with Crippen molar-refractivity contribution in [3.05, 3.63) is 35.9 Å². The van der Waals surface area contributed by atoms with Gasteiger partial charge < -0.3 is 20.4 Å². The van der Waals surface area contributed by atoms with E-state index in [9.17, 15) is 9.90 Å². The average molecular weight is 264 g/mol. The van der Waals surface area contributed by atoms with Gasteiger partial charge >= 0.3 is 6.09 Å². The van der Waals surface area contributed by atoms with E-state index in [1.54, 1.807) is 0 Å². The Kier molecular flexibility index (Phi) is 4.76. The quantitative estimate of drug-likeness (QED) is 0.762. The van der Waals surface area contributed by atoms with Crippen LogP contribution in [-0.2, 0) is 6.54 Å². The van der Waals surface area contributed by atoms with Crippen molar-refractivity contribution in [1.82, 2.24) is 10.2 Å². The summed E-state index contributed by atoms with van der Waals surface area (Å²) in [4.78, 5) is 12.1. The van der Waals surface area contributed by atoms with Crippen molar-refractivity contribution in [2.75, 3.05) is 19.6 Å². The second-order valence-electron chi connectivity index (χ2n) is 4.96. The van der Waals surface area contributed by atoms with Gasteiger partial charge in [0.25, 0.3) is 0 Å². The van der Waals surface area contributed by atoms with E-state index < -0.39 is 12.2 Å². The number of carbonyl (C=O) groups is 1. The lowest BCUT2D eigenvalue weighted by Crippen LogP contribution is -2.48. The summed E-state index contributed by atoms with van der Waals surface area (Å²) in [6.07, 6.45) is -0.821. The van der Waals surface area contributed by atoms with Gasteiger partial charge in [0.15, 0.2) is 0 Å². The smallest absolute Gasteiger partial charge is 0.407 e.